The molecule has 0 bridgehead atoms. The molecule has 1 aliphatic heterocycles. The van der Waals surface area contributed by atoms with Crippen LogP contribution in [-0.2, 0) is 9.59 Å². The maximum Gasteiger partial charge on any atom is 0.297 e. The van der Waals surface area contributed by atoms with Crippen LogP contribution in [0.4, 0.5) is 0 Å². The van der Waals surface area contributed by atoms with Crippen LogP contribution in [0.2, 0.25) is 0 Å². The fraction of sp³-hybridized carbons (Fsp3) is 0.700. The first-order chi connectivity index (χ1) is 7.24. The molecule has 0 spiro atoms. The van der Waals surface area contributed by atoms with Crippen LogP contribution < -0.4 is 0 Å². The molecule has 0 aromatic carbocycles. The van der Waals surface area contributed by atoms with Crippen LogP contribution in [-0.4, -0.2) is 40.1 Å². The van der Waals surface area contributed by atoms with Crippen molar-refractivity contribution in [1.29, 1.82) is 0 Å². The number of amides is 1. The van der Waals surface area contributed by atoms with Crippen molar-refractivity contribution < 1.29 is 14.8 Å². The Morgan fingerprint density at radius 2 is 1.87 bits per heavy atom. The van der Waals surface area contributed by atoms with Crippen LogP contribution in [0.25, 0.3) is 0 Å². The lowest BCUT2D eigenvalue weighted by atomic mass is 9.94. The van der Waals surface area contributed by atoms with E-state index < -0.39 is 11.7 Å². The maximum atomic E-state index is 11.6. The summed E-state index contributed by atoms with van der Waals surface area (Å²) in [5.74, 6) is -1.15. The topological polar surface area (TPSA) is 70.0 Å². The molecule has 82 valence electrons. The van der Waals surface area contributed by atoms with Gasteiger partial charge in [0.1, 0.15) is 0 Å². The molecule has 1 saturated carbocycles. The fourth-order valence-electron chi connectivity index (χ4n) is 2.32. The molecule has 1 N–H and O–H groups in total. The Kier molecular flexibility index (Phi) is 2.70. The van der Waals surface area contributed by atoms with Crippen molar-refractivity contribution in [3.8, 4) is 0 Å². The van der Waals surface area contributed by atoms with E-state index in [1.54, 1.807) is 4.90 Å². The lowest BCUT2D eigenvalue weighted by molar-refractivity contribution is -0.140. The van der Waals surface area contributed by atoms with Crippen LogP contribution in [0.1, 0.15) is 32.1 Å². The van der Waals surface area contributed by atoms with E-state index in [0.29, 0.717) is 0 Å². The first kappa shape index (κ1) is 10.1. The SMILES string of the molecule is O=C1C(=O)N(C2CCCCC2)C/C1=N/O. The maximum absolute atomic E-state index is 11.6. The lowest BCUT2D eigenvalue weighted by Crippen LogP contribution is -2.38. The second-order valence-corrected chi connectivity index (χ2v) is 4.10. The minimum absolute atomic E-state index is 0.0226. The molecule has 1 heterocycles. The van der Waals surface area contributed by atoms with E-state index in [9.17, 15) is 9.59 Å². The standard InChI is InChI=1S/C10H14N2O3/c13-9-8(11-15)6-12(10(9)14)7-4-2-1-3-5-7/h7,15H,1-6H2/b11-8-. The minimum atomic E-state index is -0.650. The highest BCUT2D eigenvalue weighted by atomic mass is 16.4. The Labute approximate surface area is 87.7 Å². The average Bonchev–Trinajstić information content (AvgIpc) is 2.57. The Hall–Kier alpha value is -1.39. The number of likely N-dealkylation sites (tertiary alicyclic amines) is 1. The third-order valence-corrected chi connectivity index (χ3v) is 3.17. The average molecular weight is 210 g/mol. The molecule has 2 fully saturated rings. The summed E-state index contributed by atoms with van der Waals surface area (Å²) in [7, 11) is 0. The first-order valence-corrected chi connectivity index (χ1v) is 5.30. The molecule has 1 amide bonds. The molecule has 0 atom stereocenters. The summed E-state index contributed by atoms with van der Waals surface area (Å²) in [5, 5.41) is 11.4. The van der Waals surface area contributed by atoms with Gasteiger partial charge in [-0.05, 0) is 12.8 Å². The Bertz CT molecular complexity index is 319. The monoisotopic (exact) mass is 210 g/mol. The third kappa shape index (κ3) is 1.73. The van der Waals surface area contributed by atoms with Crippen LogP contribution in [0.5, 0.6) is 0 Å². The van der Waals surface area contributed by atoms with Gasteiger partial charge >= 0.3 is 0 Å². The van der Waals surface area contributed by atoms with Gasteiger partial charge in [0, 0.05) is 6.04 Å². The molecule has 0 unspecified atom stereocenters. The predicted molar refractivity (Wildman–Crippen MR) is 52.8 cm³/mol. The second-order valence-electron chi connectivity index (χ2n) is 4.10. The van der Waals surface area contributed by atoms with Gasteiger partial charge in [0.05, 0.1) is 6.54 Å². The molecular formula is C10H14N2O3. The Morgan fingerprint density at radius 1 is 1.20 bits per heavy atom. The highest BCUT2D eigenvalue weighted by molar-refractivity contribution is 6.68. The van der Waals surface area contributed by atoms with Gasteiger partial charge in [0.2, 0.25) is 0 Å². The molecule has 0 aromatic heterocycles. The number of nitrogens with zero attached hydrogens (tertiary/aromatic N) is 2. The molecule has 0 radical (unpaired) electrons. The molecule has 2 rings (SSSR count). The van der Waals surface area contributed by atoms with Gasteiger partial charge in [-0.15, -0.1) is 0 Å². The zero-order valence-electron chi connectivity index (χ0n) is 8.48. The number of ketones is 1. The van der Waals surface area contributed by atoms with E-state index in [1.807, 2.05) is 0 Å². The lowest BCUT2D eigenvalue weighted by Gasteiger charge is -2.29. The molecule has 0 aromatic rings. The summed E-state index contributed by atoms with van der Waals surface area (Å²) >= 11 is 0. The van der Waals surface area contributed by atoms with Gasteiger partial charge < -0.3 is 10.1 Å². The quantitative estimate of drug-likeness (QED) is 0.390. The van der Waals surface area contributed by atoms with Gasteiger partial charge in [-0.2, -0.15) is 0 Å². The number of hydrogen-bond donors (Lipinski definition) is 1. The zero-order chi connectivity index (χ0) is 10.8. The number of Topliss-reactive ketones (excluding diaryl/α,β-unsaturated/α-hetero) is 1. The second kappa shape index (κ2) is 4.00. The van der Waals surface area contributed by atoms with Gasteiger partial charge in [0.15, 0.2) is 5.71 Å². The number of hydrogen-bond acceptors (Lipinski definition) is 4. The molecule has 1 aliphatic carbocycles. The van der Waals surface area contributed by atoms with Crippen molar-refractivity contribution in [3.05, 3.63) is 0 Å². The summed E-state index contributed by atoms with van der Waals surface area (Å²) in [6, 6.07) is 0.162. The van der Waals surface area contributed by atoms with E-state index in [2.05, 4.69) is 5.16 Å². The number of carbonyl (C=O) groups is 2. The van der Waals surface area contributed by atoms with E-state index in [4.69, 9.17) is 5.21 Å². The third-order valence-electron chi connectivity index (χ3n) is 3.17. The summed E-state index contributed by atoms with van der Waals surface area (Å²) in [5.41, 5.74) is -0.0226. The molecular weight excluding hydrogens is 196 g/mol. The minimum Gasteiger partial charge on any atom is -0.410 e. The summed E-state index contributed by atoms with van der Waals surface area (Å²) < 4.78 is 0. The van der Waals surface area contributed by atoms with Crippen molar-refractivity contribution in [2.45, 2.75) is 38.1 Å². The molecule has 5 heteroatoms. The van der Waals surface area contributed by atoms with Crippen LogP contribution in [0.3, 0.4) is 0 Å². The van der Waals surface area contributed by atoms with Gasteiger partial charge in [-0.1, -0.05) is 24.4 Å². The molecule has 15 heavy (non-hydrogen) atoms. The first-order valence-electron chi connectivity index (χ1n) is 5.30. The Balaban J connectivity index is 2.10. The summed E-state index contributed by atoms with van der Waals surface area (Å²) in [4.78, 5) is 24.4. The van der Waals surface area contributed by atoms with E-state index in [-0.39, 0.29) is 18.3 Å². The van der Waals surface area contributed by atoms with Crippen molar-refractivity contribution in [1.82, 2.24) is 4.90 Å². The molecule has 2 aliphatic rings. The van der Waals surface area contributed by atoms with Crippen molar-refractivity contribution in [2.75, 3.05) is 6.54 Å². The van der Waals surface area contributed by atoms with Crippen molar-refractivity contribution in [3.63, 3.8) is 0 Å². The highest BCUT2D eigenvalue weighted by Crippen LogP contribution is 2.24. The fourth-order valence-corrected chi connectivity index (χ4v) is 2.32. The molecule has 1 saturated heterocycles. The van der Waals surface area contributed by atoms with Crippen LogP contribution in [0.15, 0.2) is 5.16 Å². The van der Waals surface area contributed by atoms with Crippen molar-refractivity contribution >= 4 is 17.4 Å². The van der Waals surface area contributed by atoms with Gasteiger partial charge in [-0.3, -0.25) is 9.59 Å². The highest BCUT2D eigenvalue weighted by Gasteiger charge is 2.40. The summed E-state index contributed by atoms with van der Waals surface area (Å²) in [6.45, 7) is 0.179. The number of carbonyl (C=O) groups excluding carboxylic acids is 2. The van der Waals surface area contributed by atoms with Gasteiger partial charge in [-0.25, -0.2) is 0 Å². The van der Waals surface area contributed by atoms with Crippen molar-refractivity contribution in [2.24, 2.45) is 5.16 Å². The normalized spacial score (nSPS) is 26.7. The summed E-state index contributed by atoms with van der Waals surface area (Å²) in [6.07, 6.45) is 5.32. The van der Waals surface area contributed by atoms with E-state index in [1.165, 1.54) is 6.42 Å². The number of oxime groups is 1. The largest absolute Gasteiger partial charge is 0.410 e. The smallest absolute Gasteiger partial charge is 0.297 e. The van der Waals surface area contributed by atoms with Crippen LogP contribution in [0, 0.1) is 0 Å². The molecule has 5 nitrogen and oxygen atoms in total. The Morgan fingerprint density at radius 3 is 2.40 bits per heavy atom. The predicted octanol–water partition coefficient (Wildman–Crippen LogP) is 0.561. The van der Waals surface area contributed by atoms with E-state index in [0.717, 1.165) is 25.7 Å². The van der Waals surface area contributed by atoms with E-state index >= 15 is 0 Å². The number of rotatable bonds is 1. The van der Waals surface area contributed by atoms with Crippen LogP contribution >= 0.6 is 0 Å². The zero-order valence-corrected chi connectivity index (χ0v) is 8.48. The van der Waals surface area contributed by atoms with Gasteiger partial charge in [0.25, 0.3) is 11.7 Å².